The van der Waals surface area contributed by atoms with Crippen molar-refractivity contribution in [3.8, 4) is 5.75 Å². The number of benzene rings is 2. The summed E-state index contributed by atoms with van der Waals surface area (Å²) in [4.78, 5) is 0. The van der Waals surface area contributed by atoms with E-state index < -0.39 is 0 Å². The molecular formula is C18H20Cl2N2O. The van der Waals surface area contributed by atoms with E-state index in [1.807, 2.05) is 24.3 Å². The van der Waals surface area contributed by atoms with Crippen LogP contribution in [0.25, 0.3) is 0 Å². The first-order chi connectivity index (χ1) is 11.2. The van der Waals surface area contributed by atoms with E-state index in [1.54, 1.807) is 7.11 Å². The molecule has 0 radical (unpaired) electrons. The number of hydrogen-bond acceptors (Lipinski definition) is 3. The van der Waals surface area contributed by atoms with Gasteiger partial charge in [0.1, 0.15) is 5.75 Å². The van der Waals surface area contributed by atoms with Crippen LogP contribution in [0.15, 0.2) is 30.3 Å². The lowest BCUT2D eigenvalue weighted by molar-refractivity contribution is 0.415. The molecule has 1 aliphatic rings. The van der Waals surface area contributed by atoms with Crippen molar-refractivity contribution in [2.75, 3.05) is 25.5 Å². The van der Waals surface area contributed by atoms with Gasteiger partial charge in [-0.25, -0.2) is 0 Å². The molecule has 5 heteroatoms. The molecule has 3 rings (SSSR count). The standard InChI is InChI=1S/C18H20Cl2N2O/c1-23-17-5-2-12(10-16(17)20)11-22-18-14-7-9-21-8-6-13(14)3-4-15(18)19/h2-5,10,21-22H,6-9,11H2,1H3. The number of ether oxygens (including phenoxy) is 1. The van der Waals surface area contributed by atoms with E-state index in [0.717, 1.165) is 42.2 Å². The number of halogens is 2. The van der Waals surface area contributed by atoms with Crippen LogP contribution in [0.5, 0.6) is 5.75 Å². The highest BCUT2D eigenvalue weighted by molar-refractivity contribution is 6.33. The van der Waals surface area contributed by atoms with E-state index >= 15 is 0 Å². The fourth-order valence-electron chi connectivity index (χ4n) is 2.95. The topological polar surface area (TPSA) is 33.3 Å². The van der Waals surface area contributed by atoms with E-state index in [0.29, 0.717) is 17.3 Å². The Morgan fingerprint density at radius 2 is 1.91 bits per heavy atom. The molecule has 2 aromatic carbocycles. The van der Waals surface area contributed by atoms with Crippen LogP contribution >= 0.6 is 23.2 Å². The molecule has 1 heterocycles. The second-order valence-electron chi connectivity index (χ2n) is 5.63. The van der Waals surface area contributed by atoms with Gasteiger partial charge < -0.3 is 15.4 Å². The third kappa shape index (κ3) is 3.74. The number of fused-ring (bicyclic) bond motifs is 1. The fraction of sp³-hybridized carbons (Fsp3) is 0.333. The predicted molar refractivity (Wildman–Crippen MR) is 97.1 cm³/mol. The maximum atomic E-state index is 6.43. The Morgan fingerprint density at radius 1 is 1.09 bits per heavy atom. The normalized spacial score (nSPS) is 14.0. The average molecular weight is 351 g/mol. The maximum absolute atomic E-state index is 6.43. The van der Waals surface area contributed by atoms with Gasteiger partial charge >= 0.3 is 0 Å². The fourth-order valence-corrected chi connectivity index (χ4v) is 3.47. The third-order valence-electron chi connectivity index (χ3n) is 4.17. The van der Waals surface area contributed by atoms with Crippen molar-refractivity contribution in [1.82, 2.24) is 5.32 Å². The monoisotopic (exact) mass is 350 g/mol. The summed E-state index contributed by atoms with van der Waals surface area (Å²) in [5, 5.41) is 8.31. The Labute approximate surface area is 146 Å². The van der Waals surface area contributed by atoms with Crippen molar-refractivity contribution >= 4 is 28.9 Å². The molecule has 0 unspecified atom stereocenters. The molecule has 122 valence electrons. The summed E-state index contributed by atoms with van der Waals surface area (Å²) in [7, 11) is 1.62. The lowest BCUT2D eigenvalue weighted by atomic mass is 10.0. The summed E-state index contributed by atoms with van der Waals surface area (Å²) in [5.41, 5.74) is 4.83. The highest BCUT2D eigenvalue weighted by atomic mass is 35.5. The lowest BCUT2D eigenvalue weighted by Gasteiger charge is -2.16. The molecule has 0 saturated carbocycles. The minimum absolute atomic E-state index is 0.619. The quantitative estimate of drug-likeness (QED) is 0.862. The molecule has 0 amide bonds. The van der Waals surface area contributed by atoms with Crippen LogP contribution in [0.2, 0.25) is 10.0 Å². The summed E-state index contributed by atoms with van der Waals surface area (Å²) in [6.45, 7) is 2.67. The van der Waals surface area contributed by atoms with Crippen LogP contribution in [0.3, 0.4) is 0 Å². The zero-order valence-electron chi connectivity index (χ0n) is 13.1. The molecule has 0 saturated heterocycles. The molecular weight excluding hydrogens is 331 g/mol. The van der Waals surface area contributed by atoms with Crippen LogP contribution < -0.4 is 15.4 Å². The van der Waals surface area contributed by atoms with Crippen LogP contribution in [0.4, 0.5) is 5.69 Å². The van der Waals surface area contributed by atoms with Crippen LogP contribution in [0.1, 0.15) is 16.7 Å². The highest BCUT2D eigenvalue weighted by Crippen LogP contribution is 2.32. The van der Waals surface area contributed by atoms with Crippen molar-refractivity contribution in [3.63, 3.8) is 0 Å². The lowest BCUT2D eigenvalue weighted by Crippen LogP contribution is -2.16. The van der Waals surface area contributed by atoms with Crippen molar-refractivity contribution in [3.05, 3.63) is 57.1 Å². The minimum Gasteiger partial charge on any atom is -0.495 e. The van der Waals surface area contributed by atoms with Crippen molar-refractivity contribution in [2.45, 2.75) is 19.4 Å². The highest BCUT2D eigenvalue weighted by Gasteiger charge is 2.14. The smallest absolute Gasteiger partial charge is 0.137 e. The van der Waals surface area contributed by atoms with Crippen LogP contribution in [-0.2, 0) is 19.4 Å². The molecule has 0 spiro atoms. The summed E-state index contributed by atoms with van der Waals surface area (Å²) >= 11 is 12.6. The van der Waals surface area contributed by atoms with E-state index in [9.17, 15) is 0 Å². The minimum atomic E-state index is 0.619. The Bertz CT molecular complexity index is 704. The van der Waals surface area contributed by atoms with Gasteiger partial charge in [-0.1, -0.05) is 35.3 Å². The Hall–Kier alpha value is -1.42. The number of hydrogen-bond donors (Lipinski definition) is 2. The van der Waals surface area contributed by atoms with Gasteiger partial charge in [-0.3, -0.25) is 0 Å². The summed E-state index contributed by atoms with van der Waals surface area (Å²) in [6, 6.07) is 9.94. The molecule has 0 aromatic heterocycles. The Kier molecular flexibility index (Phi) is 5.31. The third-order valence-corrected chi connectivity index (χ3v) is 4.78. The van der Waals surface area contributed by atoms with E-state index in [2.05, 4.69) is 16.7 Å². The average Bonchev–Trinajstić information content (AvgIpc) is 2.79. The van der Waals surface area contributed by atoms with Gasteiger partial charge in [0.2, 0.25) is 0 Å². The number of anilines is 1. The van der Waals surface area contributed by atoms with Gasteiger partial charge in [0.15, 0.2) is 0 Å². The van der Waals surface area contributed by atoms with E-state index in [4.69, 9.17) is 27.9 Å². The number of nitrogens with one attached hydrogen (secondary N) is 2. The number of rotatable bonds is 4. The molecule has 3 nitrogen and oxygen atoms in total. The molecule has 0 bridgehead atoms. The first-order valence-corrected chi connectivity index (χ1v) is 8.52. The second kappa shape index (κ2) is 7.43. The molecule has 23 heavy (non-hydrogen) atoms. The van der Waals surface area contributed by atoms with E-state index in [1.165, 1.54) is 11.1 Å². The van der Waals surface area contributed by atoms with Gasteiger partial charge in [0.25, 0.3) is 0 Å². The van der Waals surface area contributed by atoms with Crippen molar-refractivity contribution < 1.29 is 4.74 Å². The first kappa shape index (κ1) is 16.4. The van der Waals surface area contributed by atoms with Crippen molar-refractivity contribution in [2.24, 2.45) is 0 Å². The Balaban J connectivity index is 1.81. The van der Waals surface area contributed by atoms with Gasteiger partial charge in [-0.15, -0.1) is 0 Å². The second-order valence-corrected chi connectivity index (χ2v) is 6.45. The molecule has 0 fully saturated rings. The zero-order chi connectivity index (χ0) is 16.2. The maximum Gasteiger partial charge on any atom is 0.137 e. The molecule has 1 aliphatic heterocycles. The summed E-state index contributed by atoms with van der Waals surface area (Å²) < 4.78 is 5.19. The predicted octanol–water partition coefficient (Wildman–Crippen LogP) is 4.30. The zero-order valence-corrected chi connectivity index (χ0v) is 14.6. The Morgan fingerprint density at radius 3 is 2.70 bits per heavy atom. The molecule has 0 atom stereocenters. The van der Waals surface area contributed by atoms with Gasteiger partial charge in [-0.2, -0.15) is 0 Å². The van der Waals surface area contributed by atoms with Gasteiger partial charge in [-0.05, 0) is 60.8 Å². The van der Waals surface area contributed by atoms with Gasteiger partial charge in [0.05, 0.1) is 22.8 Å². The van der Waals surface area contributed by atoms with Crippen LogP contribution in [-0.4, -0.2) is 20.2 Å². The largest absolute Gasteiger partial charge is 0.495 e. The SMILES string of the molecule is COc1ccc(CNc2c(Cl)ccc3c2CCNCC3)cc1Cl. The molecule has 2 N–H and O–H groups in total. The summed E-state index contributed by atoms with van der Waals surface area (Å²) in [6.07, 6.45) is 2.02. The van der Waals surface area contributed by atoms with E-state index in [-0.39, 0.29) is 0 Å². The first-order valence-electron chi connectivity index (χ1n) is 7.76. The van der Waals surface area contributed by atoms with Crippen molar-refractivity contribution in [1.29, 1.82) is 0 Å². The molecule has 0 aliphatic carbocycles. The summed E-state index contributed by atoms with van der Waals surface area (Å²) in [5.74, 6) is 0.688. The molecule has 2 aromatic rings. The van der Waals surface area contributed by atoms with Crippen LogP contribution in [0, 0.1) is 0 Å². The van der Waals surface area contributed by atoms with Gasteiger partial charge in [0, 0.05) is 6.54 Å². The number of methoxy groups -OCH3 is 1.